The Morgan fingerprint density at radius 3 is 2.75 bits per heavy atom. The highest BCUT2D eigenvalue weighted by atomic mass is 16.2. The zero-order valence-corrected chi connectivity index (χ0v) is 9.13. The fraction of sp³-hybridized carbons (Fsp3) is 0.545. The van der Waals surface area contributed by atoms with E-state index in [-0.39, 0.29) is 12.5 Å². The van der Waals surface area contributed by atoms with Crippen LogP contribution < -0.4 is 0 Å². The van der Waals surface area contributed by atoms with Crippen molar-refractivity contribution in [2.75, 3.05) is 13.1 Å². The fourth-order valence-electron chi connectivity index (χ4n) is 1.91. The smallest absolute Gasteiger partial charge is 0.244 e. The van der Waals surface area contributed by atoms with E-state index in [4.69, 9.17) is 0 Å². The van der Waals surface area contributed by atoms with Gasteiger partial charge in [-0.1, -0.05) is 0 Å². The van der Waals surface area contributed by atoms with Gasteiger partial charge in [0, 0.05) is 19.3 Å². The van der Waals surface area contributed by atoms with Crippen molar-refractivity contribution in [3.05, 3.63) is 18.0 Å². The van der Waals surface area contributed by atoms with Crippen LogP contribution in [0.2, 0.25) is 0 Å². The molecule has 16 heavy (non-hydrogen) atoms. The van der Waals surface area contributed by atoms with Crippen LogP contribution in [-0.2, 0) is 11.3 Å². The molecular weight excluding hydrogens is 206 g/mol. The maximum atomic E-state index is 11.8. The minimum absolute atomic E-state index is 0.0836. The molecule has 1 fully saturated rings. The third-order valence-electron chi connectivity index (χ3n) is 2.79. The summed E-state index contributed by atoms with van der Waals surface area (Å²) in [6.07, 6.45) is 5.73. The standard InChI is InChI=1S/C11H15N3O2/c15-9-10-4-7-14(12-10)8-11(16)13-5-2-1-3-6-13/h4,7,9H,1-3,5-6,8H2. The minimum Gasteiger partial charge on any atom is -0.341 e. The molecule has 0 atom stereocenters. The Balaban J connectivity index is 1.92. The highest BCUT2D eigenvalue weighted by Crippen LogP contribution is 2.09. The number of aromatic nitrogens is 2. The summed E-state index contributed by atoms with van der Waals surface area (Å²) in [7, 11) is 0. The van der Waals surface area contributed by atoms with Crippen LogP contribution in [0.25, 0.3) is 0 Å². The Morgan fingerprint density at radius 1 is 1.38 bits per heavy atom. The van der Waals surface area contributed by atoms with Gasteiger partial charge in [0.05, 0.1) is 0 Å². The van der Waals surface area contributed by atoms with Crippen molar-refractivity contribution in [1.29, 1.82) is 0 Å². The van der Waals surface area contributed by atoms with Gasteiger partial charge in [-0.3, -0.25) is 14.3 Å². The van der Waals surface area contributed by atoms with Crippen LogP contribution >= 0.6 is 0 Å². The first-order valence-electron chi connectivity index (χ1n) is 5.56. The van der Waals surface area contributed by atoms with Crippen LogP contribution in [0.5, 0.6) is 0 Å². The zero-order chi connectivity index (χ0) is 11.4. The molecule has 0 radical (unpaired) electrons. The fourth-order valence-corrected chi connectivity index (χ4v) is 1.91. The van der Waals surface area contributed by atoms with Crippen molar-refractivity contribution >= 4 is 12.2 Å². The SMILES string of the molecule is O=Cc1ccn(CC(=O)N2CCCCC2)n1. The Kier molecular flexibility index (Phi) is 3.34. The van der Waals surface area contributed by atoms with E-state index < -0.39 is 0 Å². The molecule has 5 heteroatoms. The van der Waals surface area contributed by atoms with Crippen molar-refractivity contribution < 1.29 is 9.59 Å². The highest BCUT2D eigenvalue weighted by molar-refractivity contribution is 5.76. The topological polar surface area (TPSA) is 55.2 Å². The van der Waals surface area contributed by atoms with E-state index in [0.29, 0.717) is 12.0 Å². The molecule has 1 saturated heterocycles. The van der Waals surface area contributed by atoms with Gasteiger partial charge >= 0.3 is 0 Å². The molecule has 5 nitrogen and oxygen atoms in total. The predicted molar refractivity (Wildman–Crippen MR) is 58.0 cm³/mol. The van der Waals surface area contributed by atoms with Crippen molar-refractivity contribution in [3.63, 3.8) is 0 Å². The molecule has 2 rings (SSSR count). The first-order valence-corrected chi connectivity index (χ1v) is 5.56. The largest absolute Gasteiger partial charge is 0.341 e. The van der Waals surface area contributed by atoms with Gasteiger partial charge in [0.15, 0.2) is 6.29 Å². The molecule has 0 bridgehead atoms. The number of hydrogen-bond donors (Lipinski definition) is 0. The number of carbonyl (C=O) groups is 2. The van der Waals surface area contributed by atoms with Gasteiger partial charge < -0.3 is 4.90 Å². The second-order valence-corrected chi connectivity index (χ2v) is 4.00. The summed E-state index contributed by atoms with van der Waals surface area (Å²) in [5.74, 6) is 0.0836. The quantitative estimate of drug-likeness (QED) is 0.706. The molecule has 1 aromatic rings. The number of hydrogen-bond acceptors (Lipinski definition) is 3. The van der Waals surface area contributed by atoms with E-state index in [2.05, 4.69) is 5.10 Å². The molecule has 86 valence electrons. The van der Waals surface area contributed by atoms with Gasteiger partial charge in [0.25, 0.3) is 0 Å². The van der Waals surface area contributed by atoms with E-state index in [1.54, 1.807) is 12.3 Å². The first kappa shape index (κ1) is 10.9. The number of piperidine rings is 1. The number of amides is 1. The summed E-state index contributed by atoms with van der Waals surface area (Å²) in [5, 5.41) is 3.96. The van der Waals surface area contributed by atoms with Crippen LogP contribution in [0, 0.1) is 0 Å². The Labute approximate surface area is 94.0 Å². The molecule has 0 unspecified atom stereocenters. The maximum Gasteiger partial charge on any atom is 0.244 e. The summed E-state index contributed by atoms with van der Waals surface area (Å²) in [6.45, 7) is 1.93. The summed E-state index contributed by atoms with van der Waals surface area (Å²) >= 11 is 0. The van der Waals surface area contributed by atoms with E-state index in [1.807, 2.05) is 4.90 Å². The van der Waals surface area contributed by atoms with Crippen molar-refractivity contribution in [2.45, 2.75) is 25.8 Å². The maximum absolute atomic E-state index is 11.8. The van der Waals surface area contributed by atoms with Gasteiger partial charge in [-0.25, -0.2) is 0 Å². The molecule has 0 N–H and O–H groups in total. The van der Waals surface area contributed by atoms with E-state index in [9.17, 15) is 9.59 Å². The molecular formula is C11H15N3O2. The summed E-state index contributed by atoms with van der Waals surface area (Å²) in [5.41, 5.74) is 0.367. The number of nitrogens with zero attached hydrogens (tertiary/aromatic N) is 3. The van der Waals surface area contributed by atoms with Gasteiger partial charge in [-0.15, -0.1) is 0 Å². The van der Waals surface area contributed by atoms with Crippen LogP contribution in [0.15, 0.2) is 12.3 Å². The Bertz CT molecular complexity index is 380. The third kappa shape index (κ3) is 2.48. The lowest BCUT2D eigenvalue weighted by atomic mass is 10.1. The molecule has 0 aliphatic carbocycles. The molecule has 1 aliphatic heterocycles. The summed E-state index contributed by atoms with van der Waals surface area (Å²) in [6, 6.07) is 1.61. The van der Waals surface area contributed by atoms with E-state index in [1.165, 1.54) is 11.1 Å². The zero-order valence-electron chi connectivity index (χ0n) is 9.13. The number of carbonyl (C=O) groups excluding carboxylic acids is 2. The molecule has 2 heterocycles. The van der Waals surface area contributed by atoms with Crippen LogP contribution in [0.4, 0.5) is 0 Å². The highest BCUT2D eigenvalue weighted by Gasteiger charge is 2.16. The minimum atomic E-state index is 0.0836. The van der Waals surface area contributed by atoms with Crippen LogP contribution in [-0.4, -0.2) is 40.0 Å². The normalized spacial score (nSPS) is 16.1. The van der Waals surface area contributed by atoms with Gasteiger partial charge in [-0.2, -0.15) is 5.10 Å². The molecule has 0 aromatic carbocycles. The van der Waals surface area contributed by atoms with Crippen molar-refractivity contribution in [2.24, 2.45) is 0 Å². The number of likely N-dealkylation sites (tertiary alicyclic amines) is 1. The number of aldehydes is 1. The van der Waals surface area contributed by atoms with Crippen molar-refractivity contribution in [3.8, 4) is 0 Å². The predicted octanol–water partition coefficient (Wildman–Crippen LogP) is 0.708. The van der Waals surface area contributed by atoms with Crippen LogP contribution in [0.1, 0.15) is 29.8 Å². The summed E-state index contributed by atoms with van der Waals surface area (Å²) < 4.78 is 1.51. The van der Waals surface area contributed by atoms with Gasteiger partial charge in [-0.05, 0) is 25.3 Å². The van der Waals surface area contributed by atoms with E-state index >= 15 is 0 Å². The Hall–Kier alpha value is -1.65. The lowest BCUT2D eigenvalue weighted by Gasteiger charge is -2.26. The average Bonchev–Trinajstić information content (AvgIpc) is 2.78. The van der Waals surface area contributed by atoms with Crippen molar-refractivity contribution in [1.82, 2.24) is 14.7 Å². The van der Waals surface area contributed by atoms with E-state index in [0.717, 1.165) is 25.9 Å². The molecule has 0 spiro atoms. The second kappa shape index (κ2) is 4.92. The molecule has 1 aromatic heterocycles. The average molecular weight is 221 g/mol. The second-order valence-electron chi connectivity index (χ2n) is 4.00. The molecule has 0 saturated carbocycles. The van der Waals surface area contributed by atoms with Crippen LogP contribution in [0.3, 0.4) is 0 Å². The monoisotopic (exact) mass is 221 g/mol. The number of rotatable bonds is 3. The summed E-state index contributed by atoms with van der Waals surface area (Å²) in [4.78, 5) is 24.1. The van der Waals surface area contributed by atoms with Gasteiger partial charge in [0.1, 0.15) is 12.2 Å². The Morgan fingerprint density at radius 2 is 2.12 bits per heavy atom. The first-order chi connectivity index (χ1) is 7.79. The molecule has 1 aliphatic rings. The van der Waals surface area contributed by atoms with Gasteiger partial charge in [0.2, 0.25) is 5.91 Å². The lowest BCUT2D eigenvalue weighted by Crippen LogP contribution is -2.37. The molecule has 1 amide bonds. The third-order valence-corrected chi connectivity index (χ3v) is 2.79. The lowest BCUT2D eigenvalue weighted by molar-refractivity contribution is -0.132.